The van der Waals surface area contributed by atoms with Crippen molar-refractivity contribution in [3.05, 3.63) is 59.7 Å². The van der Waals surface area contributed by atoms with Crippen molar-refractivity contribution in [3.8, 4) is 5.75 Å². The minimum atomic E-state index is -4.42. The van der Waals surface area contributed by atoms with Crippen molar-refractivity contribution in [1.29, 1.82) is 0 Å². The van der Waals surface area contributed by atoms with Gasteiger partial charge in [-0.2, -0.15) is 13.2 Å². The highest BCUT2D eigenvalue weighted by Gasteiger charge is 2.56. The van der Waals surface area contributed by atoms with Crippen LogP contribution in [0.2, 0.25) is 0 Å². The largest absolute Gasteiger partial charge is 0.486 e. The third-order valence-electron chi connectivity index (χ3n) is 4.60. The van der Waals surface area contributed by atoms with Crippen LogP contribution in [0.1, 0.15) is 58.7 Å². The molecule has 1 heterocycles. The zero-order valence-corrected chi connectivity index (χ0v) is 18.6. The number of ether oxygens (including phenoxy) is 2. The summed E-state index contributed by atoms with van der Waals surface area (Å²) in [5, 5.41) is 0. The van der Waals surface area contributed by atoms with Crippen LogP contribution in [0.15, 0.2) is 48.5 Å². The van der Waals surface area contributed by atoms with Gasteiger partial charge in [-0.15, -0.1) is 0 Å². The van der Waals surface area contributed by atoms with E-state index in [2.05, 4.69) is 0 Å². The number of alkyl halides is 3. The van der Waals surface area contributed by atoms with Gasteiger partial charge in [0.15, 0.2) is 6.04 Å². The van der Waals surface area contributed by atoms with Gasteiger partial charge in [-0.1, -0.05) is 24.3 Å². The summed E-state index contributed by atoms with van der Waals surface area (Å²) in [6, 6.07) is 11.1. The molecule has 7 heteroatoms. The number of benzene rings is 2. The number of hydrogen-bond acceptors (Lipinski definition) is 4. The Morgan fingerprint density at radius 1 is 0.871 bits per heavy atom. The second-order valence-corrected chi connectivity index (χ2v) is 9.63. The molecule has 3 rings (SSSR count). The summed E-state index contributed by atoms with van der Waals surface area (Å²) in [5.74, 6) is 0.168. The van der Waals surface area contributed by atoms with Gasteiger partial charge in [-0.25, -0.2) is 4.79 Å². The van der Waals surface area contributed by atoms with Gasteiger partial charge in [0.1, 0.15) is 17.0 Å². The zero-order valence-electron chi connectivity index (χ0n) is 18.6. The Morgan fingerprint density at radius 2 is 1.45 bits per heavy atom. The van der Waals surface area contributed by atoms with Crippen LogP contribution in [0.3, 0.4) is 0 Å². The molecule has 0 aromatic heterocycles. The maximum Gasteiger partial charge on any atom is 0.416 e. The first-order valence-corrected chi connectivity index (χ1v) is 10.1. The van der Waals surface area contributed by atoms with Gasteiger partial charge in [-0.05, 0) is 71.4 Å². The van der Waals surface area contributed by atoms with Crippen molar-refractivity contribution < 1.29 is 27.4 Å². The average molecular weight is 435 g/mol. The molecule has 1 aliphatic heterocycles. The predicted octanol–water partition coefficient (Wildman–Crippen LogP) is 6.15. The van der Waals surface area contributed by atoms with Crippen molar-refractivity contribution >= 4 is 11.7 Å². The molecule has 1 fully saturated rings. The molecule has 0 radical (unpaired) electrons. The maximum absolute atomic E-state index is 13.0. The molecular formula is C24H28F3NO3. The van der Waals surface area contributed by atoms with Crippen molar-refractivity contribution in [2.45, 2.75) is 71.0 Å². The summed E-state index contributed by atoms with van der Waals surface area (Å²) in [5.41, 5.74) is -0.573. The molecule has 2 unspecified atom stereocenters. The van der Waals surface area contributed by atoms with E-state index >= 15 is 0 Å². The molecule has 0 saturated carbocycles. The molecule has 0 aliphatic carbocycles. The highest BCUT2D eigenvalue weighted by molar-refractivity contribution is 5.90. The molecule has 0 spiro atoms. The number of nitrogens with zero attached hydrogens (tertiary/aromatic N) is 1. The van der Waals surface area contributed by atoms with Gasteiger partial charge < -0.3 is 14.4 Å². The summed E-state index contributed by atoms with van der Waals surface area (Å²) in [4.78, 5) is 14.8. The van der Waals surface area contributed by atoms with E-state index in [9.17, 15) is 18.0 Å². The van der Waals surface area contributed by atoms with Crippen LogP contribution in [0.5, 0.6) is 5.75 Å². The number of rotatable bonds is 4. The summed E-state index contributed by atoms with van der Waals surface area (Å²) in [6.07, 6.45) is -4.42. The van der Waals surface area contributed by atoms with E-state index in [1.54, 1.807) is 20.8 Å². The third-order valence-corrected chi connectivity index (χ3v) is 4.60. The van der Waals surface area contributed by atoms with Gasteiger partial charge in [0.2, 0.25) is 0 Å². The molecule has 1 aliphatic rings. The molecule has 168 valence electrons. The Morgan fingerprint density at radius 3 is 1.97 bits per heavy atom. The Bertz CT molecular complexity index is 940. The number of carbonyl (C=O) groups is 1. The predicted molar refractivity (Wildman–Crippen MR) is 113 cm³/mol. The van der Waals surface area contributed by atoms with Gasteiger partial charge in [0.25, 0.3) is 0 Å². The van der Waals surface area contributed by atoms with E-state index in [1.807, 2.05) is 49.9 Å². The summed E-state index contributed by atoms with van der Waals surface area (Å²) in [6.45, 7) is 11.1. The van der Waals surface area contributed by atoms with E-state index in [-0.39, 0.29) is 0 Å². The van der Waals surface area contributed by atoms with E-state index in [1.165, 1.54) is 12.1 Å². The summed E-state index contributed by atoms with van der Waals surface area (Å²) in [7, 11) is 0. The molecule has 0 N–H and O–H groups in total. The van der Waals surface area contributed by atoms with Crippen LogP contribution in [0, 0.1) is 0 Å². The molecule has 0 amide bonds. The lowest BCUT2D eigenvalue weighted by Gasteiger charge is -2.24. The first-order valence-electron chi connectivity index (χ1n) is 10.1. The smallest absolute Gasteiger partial charge is 0.416 e. The van der Waals surface area contributed by atoms with Gasteiger partial charge in [0, 0.05) is 0 Å². The first-order chi connectivity index (χ1) is 14.2. The molecule has 2 aromatic rings. The lowest BCUT2D eigenvalue weighted by Crippen LogP contribution is -2.28. The van der Waals surface area contributed by atoms with Crippen LogP contribution in [0.4, 0.5) is 18.9 Å². The van der Waals surface area contributed by atoms with Crippen molar-refractivity contribution in [2.75, 3.05) is 4.90 Å². The molecule has 31 heavy (non-hydrogen) atoms. The topological polar surface area (TPSA) is 38.5 Å². The highest BCUT2D eigenvalue weighted by Crippen LogP contribution is 2.51. The summed E-state index contributed by atoms with van der Waals surface area (Å²) >= 11 is 0. The van der Waals surface area contributed by atoms with Crippen molar-refractivity contribution in [1.82, 2.24) is 0 Å². The van der Waals surface area contributed by atoms with E-state index in [0.29, 0.717) is 17.0 Å². The Hall–Kier alpha value is -2.70. The number of halogens is 3. The minimum Gasteiger partial charge on any atom is -0.486 e. The van der Waals surface area contributed by atoms with E-state index in [4.69, 9.17) is 9.47 Å². The average Bonchev–Trinajstić information content (AvgIpc) is 3.34. The fraction of sp³-hybridized carbons (Fsp3) is 0.458. The molecule has 2 aromatic carbocycles. The number of esters is 1. The molecule has 0 bridgehead atoms. The van der Waals surface area contributed by atoms with E-state index in [0.717, 1.165) is 12.1 Å². The Kier molecular flexibility index (Phi) is 5.76. The fourth-order valence-electron chi connectivity index (χ4n) is 3.43. The monoisotopic (exact) mass is 435 g/mol. The van der Waals surface area contributed by atoms with E-state index < -0.39 is 41.0 Å². The number of para-hydroxylation sites is 2. The highest BCUT2D eigenvalue weighted by atomic mass is 19.4. The zero-order chi connectivity index (χ0) is 23.2. The molecule has 1 saturated heterocycles. The molecular weight excluding hydrogens is 407 g/mol. The quantitative estimate of drug-likeness (QED) is 0.426. The second-order valence-electron chi connectivity index (χ2n) is 9.63. The van der Waals surface area contributed by atoms with Crippen molar-refractivity contribution in [3.63, 3.8) is 0 Å². The van der Waals surface area contributed by atoms with Crippen LogP contribution in [0.25, 0.3) is 0 Å². The van der Waals surface area contributed by atoms with Gasteiger partial charge >= 0.3 is 12.1 Å². The van der Waals surface area contributed by atoms with Crippen LogP contribution in [-0.2, 0) is 15.7 Å². The van der Waals surface area contributed by atoms with Crippen molar-refractivity contribution in [2.24, 2.45) is 0 Å². The number of anilines is 1. The summed E-state index contributed by atoms with van der Waals surface area (Å²) < 4.78 is 50.6. The maximum atomic E-state index is 13.0. The number of carbonyl (C=O) groups excluding carboxylic acids is 1. The first kappa shape index (κ1) is 23.0. The lowest BCUT2D eigenvalue weighted by atomic mass is 10.1. The Balaban J connectivity index is 1.98. The molecule has 4 nitrogen and oxygen atoms in total. The van der Waals surface area contributed by atoms with Crippen LogP contribution < -0.4 is 9.64 Å². The normalized spacial score (nSPS) is 19.2. The minimum absolute atomic E-state index is 0.428. The molecule has 2 atom stereocenters. The number of hydrogen-bond donors (Lipinski definition) is 0. The Labute approximate surface area is 181 Å². The second kappa shape index (κ2) is 7.77. The third kappa shape index (κ3) is 5.51. The SMILES string of the molecule is CC(C)(C)OC(=O)C1C(c2ccc(C(F)(F)F)cc2)N1c1ccccc1OC(C)(C)C. The fourth-order valence-corrected chi connectivity index (χ4v) is 3.43. The lowest BCUT2D eigenvalue weighted by molar-refractivity contribution is -0.154. The van der Waals surface area contributed by atoms with Gasteiger partial charge in [-0.3, -0.25) is 0 Å². The standard InChI is InChI=1S/C24H28F3NO3/c1-22(2,3)30-18-10-8-7-9-17(18)28-19(20(28)21(29)31-23(4,5)6)15-11-13-16(14-12-15)24(25,26)27/h7-14,19-20H,1-6H3. The van der Waals surface area contributed by atoms with Crippen LogP contribution >= 0.6 is 0 Å². The van der Waals surface area contributed by atoms with Gasteiger partial charge in [0.05, 0.1) is 17.3 Å². The van der Waals surface area contributed by atoms with Crippen LogP contribution in [-0.4, -0.2) is 23.2 Å².